The van der Waals surface area contributed by atoms with Crippen LogP contribution in [0.3, 0.4) is 0 Å². The summed E-state index contributed by atoms with van der Waals surface area (Å²) in [6.07, 6.45) is 4.21. The molecule has 2 amide bonds. The maximum absolute atomic E-state index is 12.2. The van der Waals surface area contributed by atoms with E-state index >= 15 is 0 Å². The van der Waals surface area contributed by atoms with Crippen molar-refractivity contribution < 1.29 is 9.59 Å². The van der Waals surface area contributed by atoms with Crippen LogP contribution in [-0.2, 0) is 9.59 Å². The van der Waals surface area contributed by atoms with E-state index in [1.54, 1.807) is 23.5 Å². The molecule has 30 heavy (non-hydrogen) atoms. The van der Waals surface area contributed by atoms with Crippen molar-refractivity contribution in [1.82, 2.24) is 15.1 Å². The minimum Gasteiger partial charge on any atom is -0.368 e. The first-order chi connectivity index (χ1) is 14.7. The minimum absolute atomic E-state index is 0.00279. The lowest BCUT2D eigenvalue weighted by Crippen LogP contribution is -2.47. The third-order valence-corrected chi connectivity index (χ3v) is 6.86. The molecule has 6 nitrogen and oxygen atoms in total. The molecule has 2 aromatic rings. The molecular formula is C23H30N4O2S. The average Bonchev–Trinajstić information content (AvgIpc) is 3.25. The van der Waals surface area contributed by atoms with Gasteiger partial charge in [-0.3, -0.25) is 14.5 Å². The second-order valence-corrected chi connectivity index (χ2v) is 8.88. The number of nitrogens with one attached hydrogen (secondary N) is 1. The van der Waals surface area contributed by atoms with E-state index in [-0.39, 0.29) is 17.7 Å². The zero-order chi connectivity index (χ0) is 20.9. The number of carbonyl (C=O) groups excluding carboxylic acids is 2. The Morgan fingerprint density at radius 2 is 2.00 bits per heavy atom. The smallest absolute Gasteiger partial charge is 0.246 e. The second kappa shape index (κ2) is 9.62. The van der Waals surface area contributed by atoms with Gasteiger partial charge in [0.1, 0.15) is 0 Å². The van der Waals surface area contributed by atoms with Crippen LogP contribution in [0.1, 0.15) is 13.3 Å². The normalized spacial score (nSPS) is 20.2. The molecule has 0 radical (unpaired) electrons. The maximum atomic E-state index is 12.2. The van der Waals surface area contributed by atoms with Crippen LogP contribution < -0.4 is 10.2 Å². The highest BCUT2D eigenvalue weighted by Gasteiger charge is 2.25. The lowest BCUT2D eigenvalue weighted by molar-refractivity contribution is -0.130. The Balaban J connectivity index is 1.23. The van der Waals surface area contributed by atoms with Gasteiger partial charge >= 0.3 is 0 Å². The largest absolute Gasteiger partial charge is 0.368 e. The van der Waals surface area contributed by atoms with Gasteiger partial charge in [-0.1, -0.05) is 12.1 Å². The van der Waals surface area contributed by atoms with E-state index < -0.39 is 0 Å². The third kappa shape index (κ3) is 4.68. The highest BCUT2D eigenvalue weighted by Crippen LogP contribution is 2.31. The van der Waals surface area contributed by atoms with Crippen molar-refractivity contribution in [3.8, 4) is 0 Å². The zero-order valence-corrected chi connectivity index (χ0v) is 18.4. The topological polar surface area (TPSA) is 55.9 Å². The van der Waals surface area contributed by atoms with Gasteiger partial charge in [-0.25, -0.2) is 0 Å². The Labute approximate surface area is 182 Å². The second-order valence-electron chi connectivity index (χ2n) is 7.94. The molecule has 1 fully saturated rings. The summed E-state index contributed by atoms with van der Waals surface area (Å²) in [5, 5.41) is 6.37. The lowest BCUT2D eigenvalue weighted by atomic mass is 10.0. The Morgan fingerprint density at radius 3 is 2.80 bits per heavy atom. The molecule has 1 N–H and O–H groups in total. The van der Waals surface area contributed by atoms with Gasteiger partial charge in [0.25, 0.3) is 0 Å². The van der Waals surface area contributed by atoms with E-state index in [0.29, 0.717) is 19.6 Å². The van der Waals surface area contributed by atoms with Crippen LogP contribution in [-0.4, -0.2) is 74.0 Å². The molecule has 0 aliphatic carbocycles. The number of fused-ring (bicyclic) bond motifs is 1. The minimum atomic E-state index is -0.231. The van der Waals surface area contributed by atoms with Crippen LogP contribution in [0.4, 0.5) is 5.69 Å². The van der Waals surface area contributed by atoms with Gasteiger partial charge in [-0.2, -0.15) is 0 Å². The Morgan fingerprint density at radius 1 is 1.17 bits per heavy atom. The molecule has 2 aliphatic rings. The summed E-state index contributed by atoms with van der Waals surface area (Å²) in [6.45, 7) is 8.83. The Kier molecular flexibility index (Phi) is 6.69. The van der Waals surface area contributed by atoms with Gasteiger partial charge in [0, 0.05) is 61.6 Å². The first-order valence-electron chi connectivity index (χ1n) is 10.8. The number of hydrogen-bond acceptors (Lipinski definition) is 5. The molecule has 0 bridgehead atoms. The molecule has 4 rings (SSSR count). The van der Waals surface area contributed by atoms with Gasteiger partial charge in [0.2, 0.25) is 11.8 Å². The van der Waals surface area contributed by atoms with Crippen molar-refractivity contribution in [1.29, 1.82) is 0 Å². The van der Waals surface area contributed by atoms with E-state index in [0.717, 1.165) is 39.1 Å². The predicted molar refractivity (Wildman–Crippen MR) is 123 cm³/mol. The number of rotatable bonds is 7. The molecule has 7 heteroatoms. The van der Waals surface area contributed by atoms with Crippen molar-refractivity contribution >= 4 is 38.9 Å². The molecule has 3 heterocycles. The number of hydrogen-bond donors (Lipinski definition) is 1. The fourth-order valence-electron chi connectivity index (χ4n) is 4.32. The predicted octanol–water partition coefficient (Wildman–Crippen LogP) is 2.56. The number of thiophene rings is 1. The van der Waals surface area contributed by atoms with Crippen molar-refractivity contribution in [2.24, 2.45) is 5.92 Å². The third-order valence-electron chi connectivity index (χ3n) is 5.98. The summed E-state index contributed by atoms with van der Waals surface area (Å²) in [7, 11) is 0. The highest BCUT2D eigenvalue weighted by atomic mass is 32.1. The average molecular weight is 427 g/mol. The van der Waals surface area contributed by atoms with Gasteiger partial charge < -0.3 is 15.1 Å². The van der Waals surface area contributed by atoms with Gasteiger partial charge in [0.05, 0.1) is 5.92 Å². The molecule has 0 saturated carbocycles. The summed E-state index contributed by atoms with van der Waals surface area (Å²) in [4.78, 5) is 31.0. The van der Waals surface area contributed by atoms with Crippen molar-refractivity contribution in [2.45, 2.75) is 13.3 Å². The van der Waals surface area contributed by atoms with E-state index in [9.17, 15) is 9.59 Å². The summed E-state index contributed by atoms with van der Waals surface area (Å²) < 4.78 is 1.35. The monoisotopic (exact) mass is 426 g/mol. The van der Waals surface area contributed by atoms with Crippen molar-refractivity contribution in [3.63, 3.8) is 0 Å². The molecule has 2 aliphatic heterocycles. The molecule has 0 spiro atoms. The SMILES string of the molecule is CCNC(=O)C1C=CC(=O)N(CCCN2CCN(c3cccc4sccc34)CC2)C1. The quantitative estimate of drug-likeness (QED) is 0.739. The van der Waals surface area contributed by atoms with Gasteiger partial charge in [-0.05, 0) is 49.5 Å². The van der Waals surface area contributed by atoms with E-state index in [2.05, 4.69) is 44.8 Å². The first kappa shape index (κ1) is 20.9. The number of amides is 2. The summed E-state index contributed by atoms with van der Waals surface area (Å²) in [5.74, 6) is -0.210. The van der Waals surface area contributed by atoms with Crippen molar-refractivity contribution in [3.05, 3.63) is 41.8 Å². The number of benzene rings is 1. The maximum Gasteiger partial charge on any atom is 0.246 e. The molecule has 1 aromatic heterocycles. The summed E-state index contributed by atoms with van der Waals surface area (Å²) in [5.41, 5.74) is 1.34. The molecule has 1 saturated heterocycles. The van der Waals surface area contributed by atoms with Gasteiger partial charge in [-0.15, -0.1) is 11.3 Å². The molecule has 160 valence electrons. The fraction of sp³-hybridized carbons (Fsp3) is 0.478. The Hall–Kier alpha value is -2.38. The number of nitrogens with zero attached hydrogens (tertiary/aromatic N) is 3. The van der Waals surface area contributed by atoms with E-state index in [1.165, 1.54) is 15.8 Å². The van der Waals surface area contributed by atoms with E-state index in [4.69, 9.17) is 0 Å². The number of anilines is 1. The first-order valence-corrected chi connectivity index (χ1v) is 11.7. The van der Waals surface area contributed by atoms with Gasteiger partial charge in [0.15, 0.2) is 0 Å². The lowest BCUT2D eigenvalue weighted by Gasteiger charge is -2.37. The molecule has 1 atom stereocenters. The number of piperazine rings is 1. The summed E-state index contributed by atoms with van der Waals surface area (Å²) in [6, 6.07) is 8.79. The Bertz CT molecular complexity index is 917. The van der Waals surface area contributed by atoms with Crippen LogP contribution in [0.25, 0.3) is 10.1 Å². The highest BCUT2D eigenvalue weighted by molar-refractivity contribution is 7.17. The van der Waals surface area contributed by atoms with Crippen LogP contribution in [0.5, 0.6) is 0 Å². The van der Waals surface area contributed by atoms with Crippen LogP contribution >= 0.6 is 11.3 Å². The van der Waals surface area contributed by atoms with Crippen LogP contribution in [0.2, 0.25) is 0 Å². The van der Waals surface area contributed by atoms with E-state index in [1.807, 2.05) is 11.8 Å². The standard InChI is InChI=1S/C23H30N4O2S/c1-2-24-23(29)18-7-8-22(28)27(17-18)11-4-10-25-12-14-26(15-13-25)20-5-3-6-21-19(20)9-16-30-21/h3,5-9,16,18H,2,4,10-15,17H2,1H3,(H,24,29). The molecule has 1 unspecified atom stereocenters. The zero-order valence-electron chi connectivity index (χ0n) is 17.5. The van der Waals surface area contributed by atoms with Crippen LogP contribution in [0.15, 0.2) is 41.8 Å². The number of carbonyl (C=O) groups is 2. The fourth-order valence-corrected chi connectivity index (χ4v) is 5.13. The summed E-state index contributed by atoms with van der Waals surface area (Å²) >= 11 is 1.80. The molecule has 1 aromatic carbocycles. The van der Waals surface area contributed by atoms with Crippen molar-refractivity contribution in [2.75, 3.05) is 57.3 Å². The molecular weight excluding hydrogens is 396 g/mol. The van der Waals surface area contributed by atoms with Crippen LogP contribution in [0, 0.1) is 5.92 Å².